The highest BCUT2D eigenvalue weighted by Crippen LogP contribution is 2.13. The maximum atomic E-state index is 12.7. The minimum atomic E-state index is 0. The second kappa shape index (κ2) is 10.3. The van der Waals surface area contributed by atoms with E-state index < -0.39 is 0 Å². The second-order valence-electron chi connectivity index (χ2n) is 6.89. The third kappa shape index (κ3) is 6.12. The van der Waals surface area contributed by atoms with E-state index in [1.54, 1.807) is 0 Å². The van der Waals surface area contributed by atoms with Crippen LogP contribution in [0, 0.1) is 0 Å². The van der Waals surface area contributed by atoms with Crippen LogP contribution in [0.5, 0.6) is 0 Å². The Morgan fingerprint density at radius 1 is 1.16 bits per heavy atom. The van der Waals surface area contributed by atoms with Crippen molar-refractivity contribution in [3.63, 3.8) is 0 Å². The van der Waals surface area contributed by atoms with Gasteiger partial charge in [-0.25, -0.2) is 0 Å². The quantitative estimate of drug-likeness (QED) is 0.855. The van der Waals surface area contributed by atoms with Crippen LogP contribution in [0.4, 0.5) is 0 Å². The fourth-order valence-corrected chi connectivity index (χ4v) is 3.37. The number of halogens is 2. The number of rotatable bonds is 3. The predicted octanol–water partition coefficient (Wildman–Crippen LogP) is 1.71. The molecule has 2 aliphatic heterocycles. The van der Waals surface area contributed by atoms with Crippen LogP contribution < -0.4 is 5.32 Å². The first kappa shape index (κ1) is 22.2. The number of nitrogens with zero attached hydrogens (tertiary/aromatic N) is 3. The molecule has 0 bridgehead atoms. The Labute approximate surface area is 163 Å². The molecular formula is C18H30Cl2N4O. The molecule has 0 saturated carbocycles. The SMILES string of the molecule is CC1CN(C(=O)c2cccc(CN3CCN(C)CC3)c2)CCN1.Cl.Cl. The van der Waals surface area contributed by atoms with Crippen LogP contribution in [-0.2, 0) is 6.54 Å². The molecule has 1 aromatic carbocycles. The molecule has 3 rings (SSSR count). The summed E-state index contributed by atoms with van der Waals surface area (Å²) in [5.74, 6) is 0.165. The average molecular weight is 389 g/mol. The summed E-state index contributed by atoms with van der Waals surface area (Å²) in [5.41, 5.74) is 2.06. The van der Waals surface area contributed by atoms with Gasteiger partial charge in [0.15, 0.2) is 0 Å². The molecule has 2 fully saturated rings. The molecule has 0 aromatic heterocycles. The first-order chi connectivity index (χ1) is 11.1. The number of benzene rings is 1. The van der Waals surface area contributed by atoms with E-state index in [1.807, 2.05) is 17.0 Å². The van der Waals surface area contributed by atoms with Gasteiger partial charge in [-0.15, -0.1) is 24.8 Å². The average Bonchev–Trinajstić information content (AvgIpc) is 2.56. The minimum Gasteiger partial charge on any atom is -0.336 e. The Balaban J connectivity index is 0.00000156. The lowest BCUT2D eigenvalue weighted by Crippen LogP contribution is -2.51. The molecule has 7 heteroatoms. The molecule has 0 aliphatic carbocycles. The van der Waals surface area contributed by atoms with E-state index in [2.05, 4.69) is 41.2 Å². The molecule has 0 spiro atoms. The van der Waals surface area contributed by atoms with Gasteiger partial charge in [-0.1, -0.05) is 12.1 Å². The summed E-state index contributed by atoms with van der Waals surface area (Å²) < 4.78 is 0. The van der Waals surface area contributed by atoms with Gasteiger partial charge in [-0.3, -0.25) is 9.69 Å². The van der Waals surface area contributed by atoms with Gasteiger partial charge < -0.3 is 15.1 Å². The van der Waals surface area contributed by atoms with Crippen molar-refractivity contribution in [1.82, 2.24) is 20.0 Å². The van der Waals surface area contributed by atoms with E-state index in [4.69, 9.17) is 0 Å². The van der Waals surface area contributed by atoms with Crippen molar-refractivity contribution in [1.29, 1.82) is 0 Å². The topological polar surface area (TPSA) is 38.8 Å². The molecule has 0 radical (unpaired) electrons. The zero-order valence-electron chi connectivity index (χ0n) is 15.1. The van der Waals surface area contributed by atoms with Crippen molar-refractivity contribution >= 4 is 30.7 Å². The van der Waals surface area contributed by atoms with Crippen molar-refractivity contribution in [3.05, 3.63) is 35.4 Å². The van der Waals surface area contributed by atoms with E-state index in [9.17, 15) is 4.79 Å². The molecule has 1 aromatic rings. The molecule has 25 heavy (non-hydrogen) atoms. The van der Waals surface area contributed by atoms with Crippen LogP contribution in [0.1, 0.15) is 22.8 Å². The summed E-state index contributed by atoms with van der Waals surface area (Å²) in [4.78, 5) is 19.5. The lowest BCUT2D eigenvalue weighted by molar-refractivity contribution is 0.0709. The number of likely N-dealkylation sites (N-methyl/N-ethyl adjacent to an activating group) is 1. The van der Waals surface area contributed by atoms with Gasteiger partial charge in [-0.2, -0.15) is 0 Å². The molecule has 1 unspecified atom stereocenters. The molecule has 2 heterocycles. The number of carbonyl (C=O) groups excluding carboxylic acids is 1. The van der Waals surface area contributed by atoms with E-state index in [0.29, 0.717) is 6.04 Å². The zero-order valence-corrected chi connectivity index (χ0v) is 16.7. The fraction of sp³-hybridized carbons (Fsp3) is 0.611. The molecule has 5 nitrogen and oxygen atoms in total. The van der Waals surface area contributed by atoms with E-state index >= 15 is 0 Å². The van der Waals surface area contributed by atoms with Gasteiger partial charge in [0, 0.05) is 64.0 Å². The van der Waals surface area contributed by atoms with Gasteiger partial charge in [0.05, 0.1) is 0 Å². The summed E-state index contributed by atoms with van der Waals surface area (Å²) in [5, 5.41) is 3.38. The summed E-state index contributed by atoms with van der Waals surface area (Å²) >= 11 is 0. The van der Waals surface area contributed by atoms with Crippen LogP contribution in [0.2, 0.25) is 0 Å². The first-order valence-corrected chi connectivity index (χ1v) is 8.64. The molecule has 1 amide bonds. The molecular weight excluding hydrogens is 359 g/mol. The lowest BCUT2D eigenvalue weighted by Gasteiger charge is -2.33. The Morgan fingerprint density at radius 3 is 2.56 bits per heavy atom. The Bertz CT molecular complexity index is 550. The van der Waals surface area contributed by atoms with Crippen LogP contribution >= 0.6 is 24.8 Å². The van der Waals surface area contributed by atoms with Crippen LogP contribution in [0.25, 0.3) is 0 Å². The Kier molecular flexibility index (Phi) is 9.17. The second-order valence-corrected chi connectivity index (χ2v) is 6.89. The van der Waals surface area contributed by atoms with Crippen molar-refractivity contribution < 1.29 is 4.79 Å². The Morgan fingerprint density at radius 2 is 1.88 bits per heavy atom. The van der Waals surface area contributed by atoms with E-state index in [1.165, 1.54) is 5.56 Å². The van der Waals surface area contributed by atoms with Gasteiger partial charge in [0.2, 0.25) is 0 Å². The monoisotopic (exact) mass is 388 g/mol. The lowest BCUT2D eigenvalue weighted by atomic mass is 10.1. The van der Waals surface area contributed by atoms with Crippen LogP contribution in [-0.4, -0.2) is 79.5 Å². The normalized spacial score (nSPS) is 22.0. The maximum absolute atomic E-state index is 12.7. The molecule has 2 aliphatic rings. The van der Waals surface area contributed by atoms with Crippen molar-refractivity contribution in [2.45, 2.75) is 19.5 Å². The third-order valence-electron chi connectivity index (χ3n) is 4.83. The fourth-order valence-electron chi connectivity index (χ4n) is 3.37. The highest BCUT2D eigenvalue weighted by atomic mass is 35.5. The van der Waals surface area contributed by atoms with Gasteiger partial charge in [0.25, 0.3) is 5.91 Å². The first-order valence-electron chi connectivity index (χ1n) is 8.64. The summed E-state index contributed by atoms with van der Waals surface area (Å²) in [6.45, 7) is 9.99. The van der Waals surface area contributed by atoms with E-state index in [-0.39, 0.29) is 30.7 Å². The number of nitrogens with one attached hydrogen (secondary N) is 1. The Hall–Kier alpha value is -0.850. The molecule has 142 valence electrons. The molecule has 2 saturated heterocycles. The smallest absolute Gasteiger partial charge is 0.253 e. The molecule has 1 N–H and O–H groups in total. The summed E-state index contributed by atoms with van der Waals surface area (Å²) in [6.07, 6.45) is 0. The van der Waals surface area contributed by atoms with Crippen molar-refractivity contribution in [3.8, 4) is 0 Å². The number of hydrogen-bond acceptors (Lipinski definition) is 4. The standard InChI is InChI=1S/C18H28N4O.2ClH/c1-15-13-22(7-6-19-15)18(23)17-5-3-4-16(12-17)14-21-10-8-20(2)9-11-21;;/h3-5,12,15,19H,6-11,13-14H2,1-2H3;2*1H. The number of carbonyl (C=O) groups is 1. The number of piperazine rings is 2. The summed E-state index contributed by atoms with van der Waals surface area (Å²) in [7, 11) is 2.17. The summed E-state index contributed by atoms with van der Waals surface area (Å²) in [6, 6.07) is 8.55. The van der Waals surface area contributed by atoms with Crippen molar-refractivity contribution in [2.75, 3.05) is 52.9 Å². The van der Waals surface area contributed by atoms with Crippen LogP contribution in [0.15, 0.2) is 24.3 Å². The maximum Gasteiger partial charge on any atom is 0.253 e. The van der Waals surface area contributed by atoms with Gasteiger partial charge in [0.1, 0.15) is 0 Å². The van der Waals surface area contributed by atoms with Crippen LogP contribution in [0.3, 0.4) is 0 Å². The third-order valence-corrected chi connectivity index (χ3v) is 4.83. The largest absolute Gasteiger partial charge is 0.336 e. The zero-order chi connectivity index (χ0) is 16.2. The highest BCUT2D eigenvalue weighted by molar-refractivity contribution is 5.94. The number of amides is 1. The predicted molar refractivity (Wildman–Crippen MR) is 107 cm³/mol. The highest BCUT2D eigenvalue weighted by Gasteiger charge is 2.22. The van der Waals surface area contributed by atoms with Gasteiger partial charge >= 0.3 is 0 Å². The van der Waals surface area contributed by atoms with Crippen molar-refractivity contribution in [2.24, 2.45) is 0 Å². The molecule has 1 atom stereocenters. The van der Waals surface area contributed by atoms with E-state index in [0.717, 1.165) is 57.9 Å². The minimum absolute atomic E-state index is 0. The van der Waals surface area contributed by atoms with Gasteiger partial charge in [-0.05, 0) is 31.7 Å². The number of hydrogen-bond donors (Lipinski definition) is 1.